The van der Waals surface area contributed by atoms with Gasteiger partial charge < -0.3 is 0 Å². The van der Waals surface area contributed by atoms with E-state index >= 15 is 0 Å². The van der Waals surface area contributed by atoms with E-state index in [-0.39, 0.29) is 6.04 Å². The van der Waals surface area contributed by atoms with E-state index < -0.39 is 0 Å². The highest BCUT2D eigenvalue weighted by molar-refractivity contribution is 6.30. The number of hydrogen-bond donors (Lipinski definition) is 1. The Morgan fingerprint density at radius 3 is 3.12 bits per heavy atom. The second-order valence-corrected chi connectivity index (χ2v) is 4.66. The van der Waals surface area contributed by atoms with Crippen molar-refractivity contribution in [2.75, 3.05) is 0 Å². The molecule has 0 radical (unpaired) electrons. The van der Waals surface area contributed by atoms with Crippen molar-refractivity contribution in [1.29, 1.82) is 0 Å². The van der Waals surface area contributed by atoms with Crippen molar-refractivity contribution < 1.29 is 0 Å². The number of terminal acetylenes is 1. The SMILES string of the molecule is C#CC(CC)NC1CCc2cc(Cl)ccc21. The molecule has 0 saturated carbocycles. The summed E-state index contributed by atoms with van der Waals surface area (Å²) in [5.74, 6) is 2.78. The first-order valence-electron chi connectivity index (χ1n) is 5.75. The molecule has 84 valence electrons. The zero-order valence-corrected chi connectivity index (χ0v) is 10.2. The fourth-order valence-electron chi connectivity index (χ4n) is 2.29. The molecule has 0 amide bonds. The second-order valence-electron chi connectivity index (χ2n) is 4.23. The monoisotopic (exact) mass is 233 g/mol. The second kappa shape index (κ2) is 4.91. The Labute approximate surface area is 102 Å². The molecule has 2 heteroatoms. The van der Waals surface area contributed by atoms with Crippen LogP contribution in [0.4, 0.5) is 0 Å². The van der Waals surface area contributed by atoms with Crippen molar-refractivity contribution in [2.24, 2.45) is 0 Å². The van der Waals surface area contributed by atoms with E-state index in [9.17, 15) is 0 Å². The highest BCUT2D eigenvalue weighted by Gasteiger charge is 2.23. The van der Waals surface area contributed by atoms with Crippen LogP contribution in [0.15, 0.2) is 18.2 Å². The maximum Gasteiger partial charge on any atom is 0.0689 e. The smallest absolute Gasteiger partial charge is 0.0689 e. The lowest BCUT2D eigenvalue weighted by molar-refractivity contribution is 0.481. The summed E-state index contributed by atoms with van der Waals surface area (Å²) in [4.78, 5) is 0. The standard InChI is InChI=1S/C14H16ClN/c1-3-12(4-2)16-14-8-5-10-9-11(15)6-7-13(10)14/h1,6-7,9,12,14,16H,4-5,8H2,2H3. The number of rotatable bonds is 3. The predicted octanol–water partition coefficient (Wildman–Crippen LogP) is 3.33. The summed E-state index contributed by atoms with van der Waals surface area (Å²) >= 11 is 5.98. The predicted molar refractivity (Wildman–Crippen MR) is 68.6 cm³/mol. The van der Waals surface area contributed by atoms with Gasteiger partial charge in [-0.05, 0) is 42.5 Å². The van der Waals surface area contributed by atoms with E-state index in [1.807, 2.05) is 6.07 Å². The van der Waals surface area contributed by atoms with Gasteiger partial charge in [0.05, 0.1) is 6.04 Å². The molecule has 2 unspecified atom stereocenters. The minimum atomic E-state index is 0.173. The minimum absolute atomic E-state index is 0.173. The first kappa shape index (κ1) is 11.5. The molecule has 0 bridgehead atoms. The van der Waals surface area contributed by atoms with Crippen molar-refractivity contribution in [3.8, 4) is 12.3 Å². The highest BCUT2D eigenvalue weighted by atomic mass is 35.5. The average Bonchev–Trinajstić information content (AvgIpc) is 2.68. The fourth-order valence-corrected chi connectivity index (χ4v) is 2.48. The van der Waals surface area contributed by atoms with Gasteiger partial charge in [-0.25, -0.2) is 0 Å². The van der Waals surface area contributed by atoms with Gasteiger partial charge in [-0.3, -0.25) is 5.32 Å². The molecule has 1 aromatic rings. The summed E-state index contributed by atoms with van der Waals surface area (Å²) in [6.07, 6.45) is 8.65. The van der Waals surface area contributed by atoms with E-state index in [0.717, 1.165) is 24.3 Å². The Bertz CT molecular complexity index is 419. The minimum Gasteiger partial charge on any atom is -0.297 e. The van der Waals surface area contributed by atoms with Gasteiger partial charge in [-0.15, -0.1) is 6.42 Å². The third-order valence-electron chi connectivity index (χ3n) is 3.19. The molecule has 2 atom stereocenters. The zero-order valence-electron chi connectivity index (χ0n) is 9.46. The van der Waals surface area contributed by atoms with Crippen LogP contribution in [0, 0.1) is 12.3 Å². The quantitative estimate of drug-likeness (QED) is 0.790. The first-order valence-corrected chi connectivity index (χ1v) is 6.13. The Morgan fingerprint density at radius 2 is 2.44 bits per heavy atom. The van der Waals surface area contributed by atoms with Crippen LogP contribution < -0.4 is 5.32 Å². The van der Waals surface area contributed by atoms with Crippen molar-refractivity contribution in [1.82, 2.24) is 5.32 Å². The molecule has 0 spiro atoms. The van der Waals surface area contributed by atoms with Gasteiger partial charge in [-0.1, -0.05) is 30.5 Å². The van der Waals surface area contributed by atoms with Crippen LogP contribution in [0.5, 0.6) is 0 Å². The molecule has 0 aromatic heterocycles. The van der Waals surface area contributed by atoms with Crippen LogP contribution in [0.25, 0.3) is 0 Å². The van der Waals surface area contributed by atoms with E-state index in [0.29, 0.717) is 6.04 Å². The van der Waals surface area contributed by atoms with Crippen LogP contribution in [0.1, 0.15) is 36.9 Å². The van der Waals surface area contributed by atoms with E-state index in [1.54, 1.807) is 0 Å². The van der Waals surface area contributed by atoms with Crippen LogP contribution in [0.2, 0.25) is 5.02 Å². The van der Waals surface area contributed by atoms with Crippen LogP contribution in [-0.4, -0.2) is 6.04 Å². The lowest BCUT2D eigenvalue weighted by Crippen LogP contribution is -2.29. The molecule has 1 aliphatic rings. The number of aryl methyl sites for hydroxylation is 1. The molecule has 0 aliphatic heterocycles. The average molecular weight is 234 g/mol. The lowest BCUT2D eigenvalue weighted by atomic mass is 10.1. The molecule has 2 rings (SSSR count). The summed E-state index contributed by atoms with van der Waals surface area (Å²) in [5.41, 5.74) is 2.72. The molecular formula is C14H16ClN. The number of hydrogen-bond acceptors (Lipinski definition) is 1. The largest absolute Gasteiger partial charge is 0.297 e. The topological polar surface area (TPSA) is 12.0 Å². The summed E-state index contributed by atoms with van der Waals surface area (Å²) in [6, 6.07) is 6.71. The normalized spacial score (nSPS) is 20.2. The first-order chi connectivity index (χ1) is 7.74. The lowest BCUT2D eigenvalue weighted by Gasteiger charge is -2.18. The Hall–Kier alpha value is -0.970. The molecule has 1 aliphatic carbocycles. The molecule has 16 heavy (non-hydrogen) atoms. The number of benzene rings is 1. The molecule has 1 N–H and O–H groups in total. The number of halogens is 1. The van der Waals surface area contributed by atoms with Gasteiger partial charge in [0, 0.05) is 11.1 Å². The summed E-state index contributed by atoms with van der Waals surface area (Å²) in [6.45, 7) is 2.11. The Morgan fingerprint density at radius 1 is 1.62 bits per heavy atom. The van der Waals surface area contributed by atoms with E-state index in [2.05, 4.69) is 30.3 Å². The number of fused-ring (bicyclic) bond motifs is 1. The van der Waals surface area contributed by atoms with Crippen LogP contribution in [-0.2, 0) is 6.42 Å². The summed E-state index contributed by atoms with van der Waals surface area (Å²) in [7, 11) is 0. The fraction of sp³-hybridized carbons (Fsp3) is 0.429. The highest BCUT2D eigenvalue weighted by Crippen LogP contribution is 2.33. The molecule has 1 aromatic carbocycles. The van der Waals surface area contributed by atoms with Crippen molar-refractivity contribution in [3.05, 3.63) is 34.3 Å². The van der Waals surface area contributed by atoms with Crippen LogP contribution in [0.3, 0.4) is 0 Å². The number of nitrogens with one attached hydrogen (secondary N) is 1. The summed E-state index contributed by atoms with van der Waals surface area (Å²) < 4.78 is 0. The third-order valence-corrected chi connectivity index (χ3v) is 3.43. The third kappa shape index (κ3) is 2.24. The maximum absolute atomic E-state index is 5.98. The zero-order chi connectivity index (χ0) is 11.5. The van der Waals surface area contributed by atoms with Crippen molar-refractivity contribution in [2.45, 2.75) is 38.3 Å². The van der Waals surface area contributed by atoms with Gasteiger partial charge in [0.1, 0.15) is 0 Å². The van der Waals surface area contributed by atoms with E-state index in [4.69, 9.17) is 18.0 Å². The molecule has 0 heterocycles. The van der Waals surface area contributed by atoms with Gasteiger partial charge >= 0.3 is 0 Å². The maximum atomic E-state index is 5.98. The summed E-state index contributed by atoms with van der Waals surface area (Å²) in [5, 5.41) is 4.33. The molecule has 1 nitrogen and oxygen atoms in total. The van der Waals surface area contributed by atoms with Crippen molar-refractivity contribution >= 4 is 11.6 Å². The van der Waals surface area contributed by atoms with Gasteiger partial charge in [0.25, 0.3) is 0 Å². The van der Waals surface area contributed by atoms with Crippen molar-refractivity contribution in [3.63, 3.8) is 0 Å². The molecule has 0 fully saturated rings. The van der Waals surface area contributed by atoms with E-state index in [1.165, 1.54) is 11.1 Å². The van der Waals surface area contributed by atoms with Gasteiger partial charge in [-0.2, -0.15) is 0 Å². The van der Waals surface area contributed by atoms with Gasteiger partial charge in [0.15, 0.2) is 0 Å². The van der Waals surface area contributed by atoms with Crippen LogP contribution >= 0.6 is 11.6 Å². The van der Waals surface area contributed by atoms with Gasteiger partial charge in [0.2, 0.25) is 0 Å². The Kier molecular flexibility index (Phi) is 3.53. The molecular weight excluding hydrogens is 218 g/mol. The molecule has 0 saturated heterocycles. The Balaban J connectivity index is 2.15.